The van der Waals surface area contributed by atoms with Crippen LogP contribution in [-0.4, -0.2) is 48.3 Å². The van der Waals surface area contributed by atoms with Gasteiger partial charge in [0.1, 0.15) is 0 Å². The lowest BCUT2D eigenvalue weighted by molar-refractivity contribution is -0.134. The van der Waals surface area contributed by atoms with E-state index in [1.165, 1.54) is 16.5 Å². The lowest BCUT2D eigenvalue weighted by Crippen LogP contribution is -2.43. The van der Waals surface area contributed by atoms with E-state index in [1.54, 1.807) is 0 Å². The van der Waals surface area contributed by atoms with E-state index in [9.17, 15) is 9.59 Å². The molecule has 0 unspecified atom stereocenters. The minimum Gasteiger partial charge on any atom is -0.478 e. The molecule has 0 aliphatic carbocycles. The maximum atomic E-state index is 9.55. The number of carbonyl (C=O) groups is 2. The third-order valence-electron chi connectivity index (χ3n) is 3.58. The van der Waals surface area contributed by atoms with Gasteiger partial charge in [-0.25, -0.2) is 9.59 Å². The van der Waals surface area contributed by atoms with Crippen molar-refractivity contribution in [1.29, 1.82) is 0 Å². The number of carboxylic acids is 2. The summed E-state index contributed by atoms with van der Waals surface area (Å²) < 4.78 is 0. The molecule has 0 spiro atoms. The molecule has 1 heterocycles. The van der Waals surface area contributed by atoms with E-state index in [1.807, 2.05) is 0 Å². The summed E-state index contributed by atoms with van der Waals surface area (Å²) in [6.07, 6.45) is 1.12. The van der Waals surface area contributed by atoms with Crippen molar-refractivity contribution >= 4 is 28.4 Å². The van der Waals surface area contributed by atoms with Crippen molar-refractivity contribution in [3.8, 4) is 0 Å². The third kappa shape index (κ3) is 5.40. The number of aliphatic carboxylic acids is 2. The molecule has 1 saturated heterocycles. The van der Waals surface area contributed by atoms with Gasteiger partial charge in [-0.05, 0) is 22.9 Å². The fraction of sp³-hybridized carbons (Fsp3) is 0.222. The second kappa shape index (κ2) is 8.69. The van der Waals surface area contributed by atoms with E-state index >= 15 is 0 Å². The zero-order valence-corrected chi connectivity index (χ0v) is 13.2. The van der Waals surface area contributed by atoms with Crippen LogP contribution in [0.1, 0.15) is 0 Å². The van der Waals surface area contributed by atoms with Crippen LogP contribution in [0.3, 0.4) is 0 Å². The predicted octanol–water partition coefficient (Wildman–Crippen LogP) is 1.96. The van der Waals surface area contributed by atoms with E-state index < -0.39 is 11.9 Å². The molecule has 3 rings (SSSR count). The van der Waals surface area contributed by atoms with Crippen molar-refractivity contribution < 1.29 is 19.8 Å². The van der Waals surface area contributed by atoms with Crippen LogP contribution in [0.4, 0.5) is 5.69 Å². The lowest BCUT2D eigenvalue weighted by atomic mass is 10.1. The molecule has 126 valence electrons. The van der Waals surface area contributed by atoms with Gasteiger partial charge < -0.3 is 20.4 Å². The first-order valence-corrected chi connectivity index (χ1v) is 7.64. The first-order chi connectivity index (χ1) is 11.6. The molecule has 1 aliphatic heterocycles. The first-order valence-electron chi connectivity index (χ1n) is 7.64. The highest BCUT2D eigenvalue weighted by atomic mass is 16.4. The average Bonchev–Trinajstić information content (AvgIpc) is 2.61. The van der Waals surface area contributed by atoms with E-state index in [2.05, 4.69) is 52.7 Å². The van der Waals surface area contributed by atoms with Gasteiger partial charge >= 0.3 is 11.9 Å². The van der Waals surface area contributed by atoms with E-state index in [4.69, 9.17) is 10.2 Å². The molecular formula is C18H20N2O4. The molecule has 24 heavy (non-hydrogen) atoms. The van der Waals surface area contributed by atoms with Crippen molar-refractivity contribution in [3.63, 3.8) is 0 Å². The monoisotopic (exact) mass is 328 g/mol. The molecule has 0 atom stereocenters. The molecule has 0 radical (unpaired) electrons. The molecule has 6 nitrogen and oxygen atoms in total. The second-order valence-corrected chi connectivity index (χ2v) is 5.28. The summed E-state index contributed by atoms with van der Waals surface area (Å²) >= 11 is 0. The summed E-state index contributed by atoms with van der Waals surface area (Å²) in [7, 11) is 0. The van der Waals surface area contributed by atoms with E-state index in [0.717, 1.165) is 26.2 Å². The number of hydrogen-bond donors (Lipinski definition) is 3. The highest BCUT2D eigenvalue weighted by molar-refractivity contribution is 5.89. The zero-order valence-electron chi connectivity index (χ0n) is 13.2. The Bertz CT molecular complexity index is 721. The minimum absolute atomic E-state index is 0.558. The summed E-state index contributed by atoms with van der Waals surface area (Å²) in [5.41, 5.74) is 1.35. The van der Waals surface area contributed by atoms with Gasteiger partial charge in [0.25, 0.3) is 0 Å². The summed E-state index contributed by atoms with van der Waals surface area (Å²) in [5, 5.41) is 21.7. The Kier molecular flexibility index (Phi) is 6.33. The van der Waals surface area contributed by atoms with Crippen molar-refractivity contribution in [2.24, 2.45) is 0 Å². The molecule has 0 bridgehead atoms. The number of fused-ring (bicyclic) bond motifs is 1. The van der Waals surface area contributed by atoms with Gasteiger partial charge in [0.05, 0.1) is 0 Å². The number of carboxylic acid groups (broad SMARTS) is 2. The van der Waals surface area contributed by atoms with Crippen molar-refractivity contribution in [2.75, 3.05) is 31.1 Å². The maximum absolute atomic E-state index is 9.55. The van der Waals surface area contributed by atoms with Gasteiger partial charge in [0.2, 0.25) is 0 Å². The molecule has 3 N–H and O–H groups in total. The van der Waals surface area contributed by atoms with Crippen molar-refractivity contribution in [2.45, 2.75) is 0 Å². The average molecular weight is 328 g/mol. The van der Waals surface area contributed by atoms with Crippen molar-refractivity contribution in [1.82, 2.24) is 5.32 Å². The molecule has 1 fully saturated rings. The fourth-order valence-electron chi connectivity index (χ4n) is 2.44. The van der Waals surface area contributed by atoms with Crippen molar-refractivity contribution in [3.05, 3.63) is 54.6 Å². The fourth-order valence-corrected chi connectivity index (χ4v) is 2.44. The number of hydrogen-bond acceptors (Lipinski definition) is 4. The molecule has 6 heteroatoms. The Labute approximate surface area is 140 Å². The second-order valence-electron chi connectivity index (χ2n) is 5.28. The Morgan fingerprint density at radius 3 is 2.08 bits per heavy atom. The topological polar surface area (TPSA) is 89.9 Å². The van der Waals surface area contributed by atoms with Gasteiger partial charge in [-0.15, -0.1) is 0 Å². The number of benzene rings is 2. The number of anilines is 1. The molecular weight excluding hydrogens is 308 g/mol. The largest absolute Gasteiger partial charge is 0.478 e. The molecule has 0 amide bonds. The SMILES string of the molecule is O=C(O)/C=C/C(=O)O.c1ccc2cc(N3CCNCC3)ccc2c1. The maximum Gasteiger partial charge on any atom is 0.328 e. The van der Waals surface area contributed by atoms with Crippen LogP contribution in [0, 0.1) is 0 Å². The summed E-state index contributed by atoms with van der Waals surface area (Å²) in [5.74, 6) is -2.51. The van der Waals surface area contributed by atoms with Crippen LogP contribution in [-0.2, 0) is 9.59 Å². The van der Waals surface area contributed by atoms with Gasteiger partial charge in [0, 0.05) is 44.0 Å². The molecule has 1 aliphatic rings. The summed E-state index contributed by atoms with van der Waals surface area (Å²) in [4.78, 5) is 21.6. The molecule has 2 aromatic carbocycles. The Morgan fingerprint density at radius 1 is 0.917 bits per heavy atom. The Balaban J connectivity index is 0.000000224. The molecule has 0 saturated carbocycles. The normalized spacial score (nSPS) is 14.2. The van der Waals surface area contributed by atoms with Crippen LogP contribution < -0.4 is 10.2 Å². The molecule has 0 aromatic heterocycles. The van der Waals surface area contributed by atoms with Gasteiger partial charge in [-0.1, -0.05) is 30.3 Å². The van der Waals surface area contributed by atoms with Gasteiger partial charge in [-0.3, -0.25) is 0 Å². The predicted molar refractivity (Wildman–Crippen MR) is 93.4 cm³/mol. The van der Waals surface area contributed by atoms with Crippen LogP contribution in [0.5, 0.6) is 0 Å². The van der Waals surface area contributed by atoms with E-state index in [0.29, 0.717) is 12.2 Å². The number of nitrogens with zero attached hydrogens (tertiary/aromatic N) is 1. The summed E-state index contributed by atoms with van der Waals surface area (Å²) in [6.45, 7) is 4.40. The highest BCUT2D eigenvalue weighted by Gasteiger charge is 2.10. The minimum atomic E-state index is -1.26. The number of rotatable bonds is 3. The zero-order chi connectivity index (χ0) is 17.4. The number of nitrogens with one attached hydrogen (secondary N) is 1. The van der Waals surface area contributed by atoms with Crippen LogP contribution >= 0.6 is 0 Å². The van der Waals surface area contributed by atoms with E-state index in [-0.39, 0.29) is 0 Å². The van der Waals surface area contributed by atoms with Gasteiger partial charge in [-0.2, -0.15) is 0 Å². The molecule has 2 aromatic rings. The van der Waals surface area contributed by atoms with Crippen LogP contribution in [0.2, 0.25) is 0 Å². The third-order valence-corrected chi connectivity index (χ3v) is 3.58. The standard InChI is InChI=1S/C14H16N2.C4H4O4/c1-2-4-13-11-14(6-5-12(13)3-1)16-9-7-15-8-10-16;5-3(6)1-2-4(7)8/h1-6,11,15H,7-10H2;1-2H,(H,5,6)(H,7,8)/b;2-1+. The quantitative estimate of drug-likeness (QED) is 0.746. The van der Waals surface area contributed by atoms with Crippen LogP contribution in [0.15, 0.2) is 54.6 Å². The number of piperazine rings is 1. The lowest BCUT2D eigenvalue weighted by Gasteiger charge is -2.29. The Hall–Kier alpha value is -2.86. The first kappa shape index (κ1) is 17.5. The van der Waals surface area contributed by atoms with Gasteiger partial charge in [0.15, 0.2) is 0 Å². The smallest absolute Gasteiger partial charge is 0.328 e. The van der Waals surface area contributed by atoms with Crippen LogP contribution in [0.25, 0.3) is 10.8 Å². The summed E-state index contributed by atoms with van der Waals surface area (Å²) in [6, 6.07) is 15.3. The highest BCUT2D eigenvalue weighted by Crippen LogP contribution is 2.22. The Morgan fingerprint density at radius 2 is 1.50 bits per heavy atom.